The molecule has 144 valence electrons. The highest BCUT2D eigenvalue weighted by molar-refractivity contribution is 7.92. The molecule has 1 aromatic rings. The van der Waals surface area contributed by atoms with Gasteiger partial charge in [0, 0.05) is 12.0 Å². The topological polar surface area (TPSA) is 93.2 Å². The van der Waals surface area contributed by atoms with Gasteiger partial charge >= 0.3 is 5.25 Å². The molecular weight excluding hydrogens is 395 g/mol. The zero-order valence-electron chi connectivity index (χ0n) is 13.3. The van der Waals surface area contributed by atoms with Crippen LogP contribution in [0, 0.1) is 11.3 Å². The maximum atomic E-state index is 14.0. The van der Waals surface area contributed by atoms with E-state index in [0.717, 1.165) is 12.1 Å². The first-order chi connectivity index (χ1) is 12.5. The summed E-state index contributed by atoms with van der Waals surface area (Å²) >= 11 is 0. The summed E-state index contributed by atoms with van der Waals surface area (Å²) in [4.78, 5) is -0.995. The molecule has 3 rings (SSSR count). The molecule has 11 heteroatoms. The van der Waals surface area contributed by atoms with Crippen molar-refractivity contribution < 1.29 is 35.1 Å². The van der Waals surface area contributed by atoms with Crippen molar-refractivity contribution in [3.63, 3.8) is 0 Å². The van der Waals surface area contributed by atoms with Gasteiger partial charge in [-0.05, 0) is 24.3 Å². The minimum absolute atomic E-state index is 0.102. The predicted molar refractivity (Wildman–Crippen MR) is 82.4 cm³/mol. The number of hydrogen-bond donors (Lipinski definition) is 1. The van der Waals surface area contributed by atoms with E-state index in [-0.39, 0.29) is 12.0 Å². The highest BCUT2D eigenvalue weighted by atomic mass is 32.2. The number of allylic oxidation sites excluding steroid dienone is 2. The van der Waals surface area contributed by atoms with E-state index < -0.39 is 61.3 Å². The Labute approximate surface area is 150 Å². The third-order valence-corrected chi connectivity index (χ3v) is 6.13. The van der Waals surface area contributed by atoms with Gasteiger partial charge in [-0.15, -0.1) is 0 Å². The van der Waals surface area contributed by atoms with Crippen LogP contribution in [0.1, 0.15) is 30.0 Å². The second-order valence-corrected chi connectivity index (χ2v) is 7.91. The molecule has 2 atom stereocenters. The second kappa shape index (κ2) is 6.31. The first-order valence-corrected chi connectivity index (χ1v) is 8.96. The van der Waals surface area contributed by atoms with Gasteiger partial charge in [-0.1, -0.05) is 0 Å². The van der Waals surface area contributed by atoms with Crippen molar-refractivity contribution in [2.75, 3.05) is 0 Å². The molecule has 2 aliphatic rings. The van der Waals surface area contributed by atoms with Crippen molar-refractivity contribution in [3.8, 4) is 11.8 Å². The van der Waals surface area contributed by atoms with Gasteiger partial charge < -0.3 is 10.5 Å². The van der Waals surface area contributed by atoms with Gasteiger partial charge in [-0.3, -0.25) is 0 Å². The summed E-state index contributed by atoms with van der Waals surface area (Å²) in [5.74, 6) is -1.34. The third kappa shape index (κ3) is 2.89. The minimum atomic E-state index is -5.23. The van der Waals surface area contributed by atoms with Crippen LogP contribution in [0.25, 0.3) is 0 Å². The van der Waals surface area contributed by atoms with Gasteiger partial charge in [-0.2, -0.15) is 14.0 Å². The molecule has 5 nitrogen and oxygen atoms in total. The molecule has 2 N–H and O–H groups in total. The van der Waals surface area contributed by atoms with E-state index in [1.807, 2.05) is 0 Å². The Hall–Kier alpha value is -2.45. The molecule has 2 unspecified atom stereocenters. The highest BCUT2D eigenvalue weighted by Crippen LogP contribution is 2.52. The summed E-state index contributed by atoms with van der Waals surface area (Å²) in [5, 5.41) is 4.39. The predicted octanol–water partition coefficient (Wildman–Crippen LogP) is 3.46. The maximum Gasteiger partial charge on any atom is 0.368 e. The average molecular weight is 406 g/mol. The van der Waals surface area contributed by atoms with Crippen molar-refractivity contribution in [1.29, 1.82) is 5.26 Å². The molecule has 0 bridgehead atoms. The molecule has 0 radical (unpaired) electrons. The normalized spacial score (nSPS) is 25.4. The van der Waals surface area contributed by atoms with Crippen molar-refractivity contribution in [3.05, 3.63) is 46.8 Å². The first-order valence-electron chi connectivity index (χ1n) is 7.48. The van der Waals surface area contributed by atoms with Crippen molar-refractivity contribution in [2.24, 2.45) is 5.73 Å². The van der Waals surface area contributed by atoms with Gasteiger partial charge in [-0.25, -0.2) is 21.6 Å². The number of benzene rings is 1. The summed E-state index contributed by atoms with van der Waals surface area (Å²) in [6, 6.07) is 0.673. The van der Waals surface area contributed by atoms with Gasteiger partial charge in [0.1, 0.15) is 23.7 Å². The van der Waals surface area contributed by atoms with E-state index in [1.54, 1.807) is 6.07 Å². The monoisotopic (exact) mass is 406 g/mol. The van der Waals surface area contributed by atoms with Gasteiger partial charge in [0.05, 0.1) is 22.1 Å². The van der Waals surface area contributed by atoms with Crippen LogP contribution in [0.4, 0.5) is 22.0 Å². The fourth-order valence-corrected chi connectivity index (χ4v) is 4.52. The largest absolute Gasteiger partial charge is 0.485 e. The maximum absolute atomic E-state index is 14.0. The van der Waals surface area contributed by atoms with Crippen molar-refractivity contribution in [1.82, 2.24) is 0 Å². The van der Waals surface area contributed by atoms with E-state index in [2.05, 4.69) is 0 Å². The molecule has 1 aliphatic carbocycles. The number of rotatable bonds is 3. The van der Waals surface area contributed by atoms with Gasteiger partial charge in [0.15, 0.2) is 0 Å². The lowest BCUT2D eigenvalue weighted by molar-refractivity contribution is 0.0660. The molecule has 1 aliphatic heterocycles. The quantitative estimate of drug-likeness (QED) is 0.776. The lowest BCUT2D eigenvalue weighted by atomic mass is 9.99. The number of ether oxygens (including phenoxy) is 1. The van der Waals surface area contributed by atoms with E-state index in [9.17, 15) is 30.4 Å². The van der Waals surface area contributed by atoms with Gasteiger partial charge in [0.25, 0.3) is 6.43 Å². The van der Waals surface area contributed by atoms with Crippen LogP contribution in [0.2, 0.25) is 0 Å². The molecule has 0 amide bonds. The van der Waals surface area contributed by atoms with Gasteiger partial charge in [0.2, 0.25) is 9.84 Å². The lowest BCUT2D eigenvalue weighted by Gasteiger charge is -2.22. The van der Waals surface area contributed by atoms with E-state index in [4.69, 9.17) is 15.7 Å². The molecule has 0 saturated heterocycles. The first kappa shape index (κ1) is 19.3. The standard InChI is InChI=1S/C16H11F5N2O3S/c17-8-3-7(6-22)4-9(5-8)26-10-1-2-11-13(12(10)15(18)19)14(23)16(20,21)27(11,24)25/h1-4,9,14-15H,5,23H2. The van der Waals surface area contributed by atoms with E-state index in [0.29, 0.717) is 6.07 Å². The summed E-state index contributed by atoms with van der Waals surface area (Å²) in [5.41, 5.74) is 3.14. The van der Waals surface area contributed by atoms with Crippen LogP contribution < -0.4 is 10.5 Å². The van der Waals surface area contributed by atoms with Crippen LogP contribution in [0.15, 0.2) is 40.6 Å². The smallest absolute Gasteiger partial charge is 0.368 e. The van der Waals surface area contributed by atoms with Crippen molar-refractivity contribution in [2.45, 2.75) is 35.1 Å². The van der Waals surface area contributed by atoms with E-state index >= 15 is 0 Å². The Morgan fingerprint density at radius 3 is 2.59 bits per heavy atom. The van der Waals surface area contributed by atoms with E-state index in [1.165, 1.54) is 6.08 Å². The Balaban J connectivity index is 2.11. The lowest BCUT2D eigenvalue weighted by Crippen LogP contribution is -2.34. The second-order valence-electron chi connectivity index (χ2n) is 5.92. The zero-order chi connectivity index (χ0) is 20.1. The molecule has 0 aromatic heterocycles. The number of nitrogens with two attached hydrogens (primary N) is 1. The number of hydrogen-bond acceptors (Lipinski definition) is 5. The Kier molecular flexibility index (Phi) is 4.52. The fourth-order valence-electron chi connectivity index (χ4n) is 3.00. The zero-order valence-corrected chi connectivity index (χ0v) is 14.1. The van der Waals surface area contributed by atoms with Crippen LogP contribution in [-0.4, -0.2) is 19.8 Å². The molecule has 0 saturated carbocycles. The van der Waals surface area contributed by atoms with Crippen molar-refractivity contribution >= 4 is 9.84 Å². The summed E-state index contributed by atoms with van der Waals surface area (Å²) in [6.07, 6.45) is -2.79. The Morgan fingerprint density at radius 2 is 2.00 bits per heavy atom. The van der Waals surface area contributed by atoms with Crippen LogP contribution >= 0.6 is 0 Å². The number of fused-ring (bicyclic) bond motifs is 1. The minimum Gasteiger partial charge on any atom is -0.485 e. The summed E-state index contributed by atoms with van der Waals surface area (Å²) < 4.78 is 97.8. The summed E-state index contributed by atoms with van der Waals surface area (Å²) in [7, 11) is -5.23. The fraction of sp³-hybridized carbons (Fsp3) is 0.312. The third-order valence-electron chi connectivity index (χ3n) is 4.23. The number of halogens is 5. The molecular formula is C16H11F5N2O3S. The molecule has 1 aromatic carbocycles. The highest BCUT2D eigenvalue weighted by Gasteiger charge is 2.60. The average Bonchev–Trinajstić information content (AvgIpc) is 2.71. The summed E-state index contributed by atoms with van der Waals surface area (Å²) in [6.45, 7) is 0. The molecule has 27 heavy (non-hydrogen) atoms. The number of alkyl halides is 4. The molecule has 1 heterocycles. The van der Waals surface area contributed by atoms with Crippen LogP contribution in [0.3, 0.4) is 0 Å². The number of sulfone groups is 1. The molecule has 0 fully saturated rings. The number of nitrogens with zero attached hydrogens (tertiary/aromatic N) is 1. The van der Waals surface area contributed by atoms with Crippen LogP contribution in [0.5, 0.6) is 5.75 Å². The van der Waals surface area contributed by atoms with Crippen LogP contribution in [-0.2, 0) is 9.84 Å². The number of nitriles is 1. The molecule has 0 spiro atoms. The SMILES string of the molecule is N#CC1=CC(Oc2ccc3c(c2C(F)F)C(N)C(F)(F)S3(=O)=O)CC(F)=C1. The Bertz CT molecular complexity index is 1010. The Morgan fingerprint density at radius 1 is 1.33 bits per heavy atom.